The van der Waals surface area contributed by atoms with Gasteiger partial charge in [0.05, 0.1) is 0 Å². The van der Waals surface area contributed by atoms with Crippen molar-refractivity contribution in [3.8, 4) is 0 Å². The molecular formula is C18H30N2. The van der Waals surface area contributed by atoms with E-state index >= 15 is 0 Å². The molecule has 2 heteroatoms. The molecule has 0 amide bonds. The van der Waals surface area contributed by atoms with E-state index in [-0.39, 0.29) is 0 Å². The maximum atomic E-state index is 3.87. The Balaban J connectivity index is 1.93. The number of nitrogens with one attached hydrogen (secondary N) is 1. The molecule has 1 aliphatic rings. The van der Waals surface area contributed by atoms with Crippen LogP contribution in [0.4, 0.5) is 0 Å². The maximum absolute atomic E-state index is 3.87. The molecule has 2 nitrogen and oxygen atoms in total. The van der Waals surface area contributed by atoms with E-state index in [0.29, 0.717) is 12.1 Å². The van der Waals surface area contributed by atoms with Crippen LogP contribution in [-0.2, 0) is 0 Å². The second-order valence-electron chi connectivity index (χ2n) is 6.12. The van der Waals surface area contributed by atoms with Crippen LogP contribution in [0, 0.1) is 5.92 Å². The van der Waals surface area contributed by atoms with E-state index in [1.54, 1.807) is 0 Å². The highest BCUT2D eigenvalue weighted by Crippen LogP contribution is 2.23. The summed E-state index contributed by atoms with van der Waals surface area (Å²) in [5.41, 5.74) is 1.42. The smallest absolute Gasteiger partial charge is 0.0320 e. The molecule has 0 aliphatic carbocycles. The van der Waals surface area contributed by atoms with E-state index in [4.69, 9.17) is 0 Å². The molecule has 0 aromatic heterocycles. The number of hydrogen-bond donors (Lipinski definition) is 1. The first kappa shape index (κ1) is 15.5. The molecule has 1 fully saturated rings. The summed E-state index contributed by atoms with van der Waals surface area (Å²) in [5.74, 6) is 0.793. The van der Waals surface area contributed by atoms with Crippen LogP contribution in [0.2, 0.25) is 0 Å². The first-order chi connectivity index (χ1) is 9.74. The Morgan fingerprint density at radius 1 is 1.25 bits per heavy atom. The Labute approximate surface area is 124 Å². The summed E-state index contributed by atoms with van der Waals surface area (Å²) in [6.07, 6.45) is 3.88. The van der Waals surface area contributed by atoms with Crippen LogP contribution in [0.1, 0.15) is 51.6 Å². The average Bonchev–Trinajstić information content (AvgIpc) is 2.53. The third kappa shape index (κ3) is 4.07. The van der Waals surface area contributed by atoms with Gasteiger partial charge in [0.25, 0.3) is 0 Å². The second kappa shape index (κ2) is 7.80. The van der Waals surface area contributed by atoms with Crippen LogP contribution in [0.3, 0.4) is 0 Å². The lowest BCUT2D eigenvalue weighted by Crippen LogP contribution is -2.45. The minimum Gasteiger partial charge on any atom is -0.307 e. The molecule has 1 N–H and O–H groups in total. The van der Waals surface area contributed by atoms with Gasteiger partial charge in [-0.3, -0.25) is 0 Å². The predicted molar refractivity (Wildman–Crippen MR) is 86.9 cm³/mol. The van der Waals surface area contributed by atoms with Crippen LogP contribution < -0.4 is 5.32 Å². The molecule has 3 unspecified atom stereocenters. The number of nitrogens with zero attached hydrogens (tertiary/aromatic N) is 1. The van der Waals surface area contributed by atoms with Crippen molar-refractivity contribution in [3.05, 3.63) is 35.9 Å². The normalized spacial score (nSPS) is 23.4. The van der Waals surface area contributed by atoms with Gasteiger partial charge in [-0.05, 0) is 50.8 Å². The first-order valence-corrected chi connectivity index (χ1v) is 8.28. The topological polar surface area (TPSA) is 15.3 Å². The van der Waals surface area contributed by atoms with Gasteiger partial charge in [-0.2, -0.15) is 0 Å². The van der Waals surface area contributed by atoms with E-state index in [0.717, 1.165) is 12.3 Å². The van der Waals surface area contributed by atoms with Crippen molar-refractivity contribution in [2.75, 3.05) is 19.6 Å². The zero-order chi connectivity index (χ0) is 14.4. The molecular weight excluding hydrogens is 244 g/mol. The van der Waals surface area contributed by atoms with Crippen molar-refractivity contribution in [1.82, 2.24) is 10.2 Å². The highest BCUT2D eigenvalue weighted by atomic mass is 15.1. The Hall–Kier alpha value is -0.860. The van der Waals surface area contributed by atoms with Crippen LogP contribution in [0.5, 0.6) is 0 Å². The SMILES string of the molecule is CCC(NC(C)C1CCCN(CC)C1)c1ccccc1. The average molecular weight is 274 g/mol. The highest BCUT2D eigenvalue weighted by molar-refractivity contribution is 5.18. The monoisotopic (exact) mass is 274 g/mol. The van der Waals surface area contributed by atoms with E-state index in [9.17, 15) is 0 Å². The molecule has 0 saturated carbocycles. The number of piperidine rings is 1. The van der Waals surface area contributed by atoms with E-state index < -0.39 is 0 Å². The first-order valence-electron chi connectivity index (χ1n) is 8.28. The van der Waals surface area contributed by atoms with Gasteiger partial charge < -0.3 is 10.2 Å². The molecule has 1 aromatic rings. The summed E-state index contributed by atoms with van der Waals surface area (Å²) >= 11 is 0. The molecule has 0 radical (unpaired) electrons. The summed E-state index contributed by atoms with van der Waals surface area (Å²) < 4.78 is 0. The predicted octanol–water partition coefficient (Wildman–Crippen LogP) is 3.85. The lowest BCUT2D eigenvalue weighted by Gasteiger charge is -2.37. The molecule has 112 valence electrons. The number of benzene rings is 1. The fourth-order valence-electron chi connectivity index (χ4n) is 3.38. The second-order valence-corrected chi connectivity index (χ2v) is 6.12. The van der Waals surface area contributed by atoms with Crippen molar-refractivity contribution >= 4 is 0 Å². The van der Waals surface area contributed by atoms with E-state index in [2.05, 4.69) is 61.3 Å². The van der Waals surface area contributed by atoms with Crippen molar-refractivity contribution in [3.63, 3.8) is 0 Å². The minimum absolute atomic E-state index is 0.489. The lowest BCUT2D eigenvalue weighted by atomic mass is 9.90. The standard InChI is InChI=1S/C18H30N2/c1-4-18(16-10-7-6-8-11-16)19-15(3)17-12-9-13-20(5-2)14-17/h6-8,10-11,15,17-19H,4-5,9,12-14H2,1-3H3. The Morgan fingerprint density at radius 2 is 2.00 bits per heavy atom. The maximum Gasteiger partial charge on any atom is 0.0320 e. The highest BCUT2D eigenvalue weighted by Gasteiger charge is 2.25. The molecule has 20 heavy (non-hydrogen) atoms. The number of hydrogen-bond acceptors (Lipinski definition) is 2. The van der Waals surface area contributed by atoms with Crippen molar-refractivity contribution in [2.45, 2.75) is 52.1 Å². The fraction of sp³-hybridized carbons (Fsp3) is 0.667. The Bertz CT molecular complexity index is 376. The molecule has 3 atom stereocenters. The molecule has 0 bridgehead atoms. The van der Waals surface area contributed by atoms with Gasteiger partial charge in [-0.1, -0.05) is 44.2 Å². The van der Waals surface area contributed by atoms with Crippen LogP contribution in [-0.4, -0.2) is 30.6 Å². The summed E-state index contributed by atoms with van der Waals surface area (Å²) in [5, 5.41) is 3.87. The lowest BCUT2D eigenvalue weighted by molar-refractivity contribution is 0.152. The molecule has 1 aromatic carbocycles. The van der Waals surface area contributed by atoms with Gasteiger partial charge in [0.15, 0.2) is 0 Å². The molecule has 0 spiro atoms. The van der Waals surface area contributed by atoms with Crippen molar-refractivity contribution in [1.29, 1.82) is 0 Å². The summed E-state index contributed by atoms with van der Waals surface area (Å²) in [6.45, 7) is 10.7. The molecule has 1 saturated heterocycles. The molecule has 2 rings (SSSR count). The zero-order valence-corrected chi connectivity index (χ0v) is 13.3. The number of rotatable bonds is 6. The van der Waals surface area contributed by atoms with Gasteiger partial charge in [-0.15, -0.1) is 0 Å². The summed E-state index contributed by atoms with van der Waals surface area (Å²) in [6, 6.07) is 11.9. The zero-order valence-electron chi connectivity index (χ0n) is 13.3. The van der Waals surface area contributed by atoms with E-state index in [1.165, 1.54) is 38.0 Å². The van der Waals surface area contributed by atoms with Gasteiger partial charge in [0.2, 0.25) is 0 Å². The molecule has 1 aliphatic heterocycles. The fourth-order valence-corrected chi connectivity index (χ4v) is 3.38. The van der Waals surface area contributed by atoms with Crippen LogP contribution in [0.25, 0.3) is 0 Å². The van der Waals surface area contributed by atoms with E-state index in [1.807, 2.05) is 0 Å². The third-order valence-corrected chi connectivity index (χ3v) is 4.77. The van der Waals surface area contributed by atoms with Gasteiger partial charge in [-0.25, -0.2) is 0 Å². The molecule has 1 heterocycles. The largest absolute Gasteiger partial charge is 0.307 e. The van der Waals surface area contributed by atoms with Gasteiger partial charge in [0, 0.05) is 18.6 Å². The summed E-state index contributed by atoms with van der Waals surface area (Å²) in [4.78, 5) is 2.59. The summed E-state index contributed by atoms with van der Waals surface area (Å²) in [7, 11) is 0. The third-order valence-electron chi connectivity index (χ3n) is 4.77. The number of likely N-dealkylation sites (tertiary alicyclic amines) is 1. The van der Waals surface area contributed by atoms with Gasteiger partial charge in [0.1, 0.15) is 0 Å². The van der Waals surface area contributed by atoms with Crippen molar-refractivity contribution in [2.24, 2.45) is 5.92 Å². The van der Waals surface area contributed by atoms with Crippen molar-refractivity contribution < 1.29 is 0 Å². The quantitative estimate of drug-likeness (QED) is 0.847. The van der Waals surface area contributed by atoms with Crippen LogP contribution >= 0.6 is 0 Å². The minimum atomic E-state index is 0.489. The Kier molecular flexibility index (Phi) is 6.06. The Morgan fingerprint density at radius 3 is 2.65 bits per heavy atom. The van der Waals surface area contributed by atoms with Gasteiger partial charge >= 0.3 is 0 Å². The van der Waals surface area contributed by atoms with Crippen LogP contribution in [0.15, 0.2) is 30.3 Å².